The van der Waals surface area contributed by atoms with Gasteiger partial charge in [0.2, 0.25) is 5.78 Å². The number of hydrogen-bond acceptors (Lipinski definition) is 4. The lowest BCUT2D eigenvalue weighted by atomic mass is 10.3. The van der Waals surface area contributed by atoms with Crippen molar-refractivity contribution in [3.05, 3.63) is 30.4 Å². The third-order valence-corrected chi connectivity index (χ3v) is 3.28. The molecule has 0 aromatic carbocycles. The molecule has 2 N–H and O–H groups in total. The van der Waals surface area contributed by atoms with E-state index in [1.54, 1.807) is 6.20 Å². The SMILES string of the molecule is CC(N)CCSCc1cn2cccnc2n1. The van der Waals surface area contributed by atoms with Crippen LogP contribution < -0.4 is 5.73 Å². The molecule has 0 fully saturated rings. The van der Waals surface area contributed by atoms with E-state index in [1.807, 2.05) is 41.5 Å². The summed E-state index contributed by atoms with van der Waals surface area (Å²) in [7, 11) is 0. The monoisotopic (exact) mass is 236 g/mol. The molecule has 0 aliphatic rings. The molecule has 5 heteroatoms. The standard InChI is InChI=1S/C11H16N4S/c1-9(12)3-6-16-8-10-7-15-5-2-4-13-11(15)14-10/h2,4-5,7,9H,3,6,8,12H2,1H3. The first-order valence-corrected chi connectivity index (χ1v) is 6.53. The largest absolute Gasteiger partial charge is 0.328 e. The maximum Gasteiger partial charge on any atom is 0.233 e. The Morgan fingerprint density at radius 1 is 1.56 bits per heavy atom. The fourth-order valence-corrected chi connectivity index (χ4v) is 2.43. The minimum absolute atomic E-state index is 0.287. The molecule has 0 saturated carbocycles. The van der Waals surface area contributed by atoms with Gasteiger partial charge in [0.05, 0.1) is 5.69 Å². The van der Waals surface area contributed by atoms with Crippen LogP contribution in [0.4, 0.5) is 0 Å². The van der Waals surface area contributed by atoms with Gasteiger partial charge in [-0.25, -0.2) is 9.97 Å². The predicted molar refractivity (Wildman–Crippen MR) is 67.4 cm³/mol. The van der Waals surface area contributed by atoms with Crippen LogP contribution >= 0.6 is 11.8 Å². The fourth-order valence-electron chi connectivity index (χ4n) is 1.39. The fraction of sp³-hybridized carbons (Fsp3) is 0.455. The van der Waals surface area contributed by atoms with Gasteiger partial charge in [0.25, 0.3) is 0 Å². The lowest BCUT2D eigenvalue weighted by Gasteiger charge is -2.02. The zero-order chi connectivity index (χ0) is 11.4. The summed E-state index contributed by atoms with van der Waals surface area (Å²) in [6.07, 6.45) is 6.80. The summed E-state index contributed by atoms with van der Waals surface area (Å²) < 4.78 is 1.95. The Hall–Kier alpha value is -1.07. The summed E-state index contributed by atoms with van der Waals surface area (Å²) in [5.74, 6) is 2.78. The number of aromatic nitrogens is 3. The lowest BCUT2D eigenvalue weighted by molar-refractivity contribution is 0.721. The Balaban J connectivity index is 1.89. The number of thioether (sulfide) groups is 1. The second-order valence-corrected chi connectivity index (χ2v) is 4.98. The van der Waals surface area contributed by atoms with Gasteiger partial charge >= 0.3 is 0 Å². The van der Waals surface area contributed by atoms with Crippen LogP contribution in [0.5, 0.6) is 0 Å². The van der Waals surface area contributed by atoms with E-state index >= 15 is 0 Å². The van der Waals surface area contributed by atoms with E-state index in [0.717, 1.165) is 29.4 Å². The van der Waals surface area contributed by atoms with Gasteiger partial charge in [-0.15, -0.1) is 0 Å². The highest BCUT2D eigenvalue weighted by Crippen LogP contribution is 2.13. The van der Waals surface area contributed by atoms with Crippen LogP contribution in [-0.4, -0.2) is 26.2 Å². The van der Waals surface area contributed by atoms with Crippen LogP contribution in [0.3, 0.4) is 0 Å². The van der Waals surface area contributed by atoms with E-state index in [0.29, 0.717) is 0 Å². The van der Waals surface area contributed by atoms with Crippen molar-refractivity contribution < 1.29 is 0 Å². The molecule has 0 spiro atoms. The Bertz CT molecular complexity index is 419. The Morgan fingerprint density at radius 2 is 2.44 bits per heavy atom. The highest BCUT2D eigenvalue weighted by molar-refractivity contribution is 7.98. The third-order valence-electron chi connectivity index (χ3n) is 2.25. The van der Waals surface area contributed by atoms with Crippen LogP contribution in [0.15, 0.2) is 24.7 Å². The maximum atomic E-state index is 5.69. The molecular weight excluding hydrogens is 220 g/mol. The second-order valence-electron chi connectivity index (χ2n) is 3.88. The summed E-state index contributed by atoms with van der Waals surface area (Å²) in [5.41, 5.74) is 6.77. The molecule has 1 unspecified atom stereocenters. The first kappa shape index (κ1) is 11.4. The number of nitrogens with zero attached hydrogens (tertiary/aromatic N) is 3. The van der Waals surface area contributed by atoms with E-state index in [1.165, 1.54) is 0 Å². The molecule has 4 nitrogen and oxygen atoms in total. The Labute approximate surface area is 99.3 Å². The van der Waals surface area contributed by atoms with Crippen LogP contribution in [0.1, 0.15) is 19.0 Å². The molecular formula is C11H16N4S. The highest BCUT2D eigenvalue weighted by atomic mass is 32.2. The van der Waals surface area contributed by atoms with E-state index in [9.17, 15) is 0 Å². The van der Waals surface area contributed by atoms with Gasteiger partial charge in [-0.2, -0.15) is 11.8 Å². The summed E-state index contributed by atoms with van der Waals surface area (Å²) in [6, 6.07) is 2.19. The number of nitrogens with two attached hydrogens (primary N) is 1. The summed E-state index contributed by atoms with van der Waals surface area (Å²) in [6.45, 7) is 2.04. The topological polar surface area (TPSA) is 56.2 Å². The zero-order valence-corrected chi connectivity index (χ0v) is 10.2. The van der Waals surface area contributed by atoms with Crippen LogP contribution in [0.25, 0.3) is 5.78 Å². The van der Waals surface area contributed by atoms with Gasteiger partial charge in [0, 0.05) is 30.4 Å². The molecule has 1 atom stereocenters. The van der Waals surface area contributed by atoms with E-state index in [2.05, 4.69) is 9.97 Å². The van der Waals surface area contributed by atoms with Gasteiger partial charge in [-0.3, -0.25) is 4.40 Å². The van der Waals surface area contributed by atoms with Gasteiger partial charge in [0.1, 0.15) is 0 Å². The number of rotatable bonds is 5. The molecule has 2 rings (SSSR count). The predicted octanol–water partition coefficient (Wildman–Crippen LogP) is 1.70. The molecule has 0 radical (unpaired) electrons. The minimum Gasteiger partial charge on any atom is -0.328 e. The molecule has 2 aromatic heterocycles. The molecule has 16 heavy (non-hydrogen) atoms. The zero-order valence-electron chi connectivity index (χ0n) is 9.34. The van der Waals surface area contributed by atoms with E-state index < -0.39 is 0 Å². The molecule has 0 saturated heterocycles. The van der Waals surface area contributed by atoms with E-state index in [4.69, 9.17) is 5.73 Å². The van der Waals surface area contributed by atoms with Crippen molar-refractivity contribution >= 4 is 17.5 Å². The quantitative estimate of drug-likeness (QED) is 0.803. The summed E-state index contributed by atoms with van der Waals surface area (Å²) in [5, 5.41) is 0. The van der Waals surface area contributed by atoms with Crippen molar-refractivity contribution in [1.82, 2.24) is 14.4 Å². The number of hydrogen-bond donors (Lipinski definition) is 1. The first-order chi connectivity index (χ1) is 7.75. The normalized spacial score (nSPS) is 13.1. The summed E-state index contributed by atoms with van der Waals surface area (Å²) >= 11 is 1.87. The average Bonchev–Trinajstić information content (AvgIpc) is 2.66. The van der Waals surface area contributed by atoms with Crippen molar-refractivity contribution in [2.45, 2.75) is 25.1 Å². The molecule has 2 heterocycles. The van der Waals surface area contributed by atoms with Crippen LogP contribution in [0.2, 0.25) is 0 Å². The van der Waals surface area contributed by atoms with Crippen LogP contribution in [-0.2, 0) is 5.75 Å². The van der Waals surface area contributed by atoms with Crippen LogP contribution in [0, 0.1) is 0 Å². The maximum absolute atomic E-state index is 5.69. The van der Waals surface area contributed by atoms with Crippen molar-refractivity contribution in [3.8, 4) is 0 Å². The Morgan fingerprint density at radius 3 is 3.19 bits per heavy atom. The Kier molecular flexibility index (Phi) is 3.79. The third kappa shape index (κ3) is 2.96. The van der Waals surface area contributed by atoms with Gasteiger partial charge in [0.15, 0.2) is 0 Å². The van der Waals surface area contributed by atoms with Crippen molar-refractivity contribution in [2.24, 2.45) is 5.73 Å². The number of fused-ring (bicyclic) bond motifs is 1. The van der Waals surface area contributed by atoms with Crippen molar-refractivity contribution in [3.63, 3.8) is 0 Å². The molecule has 0 aliphatic heterocycles. The average molecular weight is 236 g/mol. The molecule has 86 valence electrons. The molecule has 0 bridgehead atoms. The molecule has 0 amide bonds. The molecule has 2 aromatic rings. The second kappa shape index (κ2) is 5.32. The van der Waals surface area contributed by atoms with Crippen molar-refractivity contribution in [1.29, 1.82) is 0 Å². The van der Waals surface area contributed by atoms with E-state index in [-0.39, 0.29) is 6.04 Å². The minimum atomic E-state index is 0.287. The lowest BCUT2D eigenvalue weighted by Crippen LogP contribution is -2.15. The number of imidazole rings is 1. The van der Waals surface area contributed by atoms with Gasteiger partial charge in [-0.05, 0) is 25.2 Å². The summed E-state index contributed by atoms with van der Waals surface area (Å²) in [4.78, 5) is 8.61. The smallest absolute Gasteiger partial charge is 0.233 e. The molecule has 0 aliphatic carbocycles. The highest BCUT2D eigenvalue weighted by Gasteiger charge is 2.02. The first-order valence-electron chi connectivity index (χ1n) is 5.37. The van der Waals surface area contributed by atoms with Crippen molar-refractivity contribution in [2.75, 3.05) is 5.75 Å². The van der Waals surface area contributed by atoms with Gasteiger partial charge < -0.3 is 5.73 Å². The van der Waals surface area contributed by atoms with Gasteiger partial charge in [-0.1, -0.05) is 0 Å².